The first-order chi connectivity index (χ1) is 16.4. The third-order valence-corrected chi connectivity index (χ3v) is 10.1. The molecule has 1 fully saturated rings. The van der Waals surface area contributed by atoms with Crippen molar-refractivity contribution in [1.29, 1.82) is 0 Å². The van der Waals surface area contributed by atoms with Gasteiger partial charge in [-0.25, -0.2) is 13.4 Å². The lowest BCUT2D eigenvalue weighted by molar-refractivity contribution is 0.102. The topological polar surface area (TPSA) is 79.4 Å². The summed E-state index contributed by atoms with van der Waals surface area (Å²) in [4.78, 5) is 17.8. The molecule has 9 heteroatoms. The van der Waals surface area contributed by atoms with Gasteiger partial charge in [0.05, 0.1) is 15.1 Å². The summed E-state index contributed by atoms with van der Waals surface area (Å²) in [7, 11) is -1.93. The highest BCUT2D eigenvalue weighted by molar-refractivity contribution is 7.89. The number of nitrogens with one attached hydrogen (secondary N) is 1. The fourth-order valence-corrected chi connectivity index (χ4v) is 7.58. The molecule has 1 aliphatic rings. The first-order valence-electron chi connectivity index (χ1n) is 11.3. The number of carbonyl (C=O) groups is 1. The Kier molecular flexibility index (Phi) is 6.52. The molecule has 2 aromatic carbocycles. The van der Waals surface area contributed by atoms with Gasteiger partial charge < -0.3 is 5.32 Å². The molecule has 2 aromatic heterocycles. The van der Waals surface area contributed by atoms with Crippen molar-refractivity contribution in [3.63, 3.8) is 0 Å². The van der Waals surface area contributed by atoms with Gasteiger partial charge in [-0.1, -0.05) is 31.4 Å². The van der Waals surface area contributed by atoms with Crippen LogP contribution in [0.4, 0.5) is 5.00 Å². The van der Waals surface area contributed by atoms with Crippen LogP contribution < -0.4 is 5.32 Å². The zero-order valence-electron chi connectivity index (χ0n) is 18.7. The normalized spacial score (nSPS) is 15.1. The molecule has 1 amide bonds. The van der Waals surface area contributed by atoms with Crippen molar-refractivity contribution < 1.29 is 13.2 Å². The van der Waals surface area contributed by atoms with E-state index in [1.807, 2.05) is 35.7 Å². The van der Waals surface area contributed by atoms with Crippen molar-refractivity contribution in [2.45, 2.75) is 43.0 Å². The van der Waals surface area contributed by atoms with Gasteiger partial charge in [0.2, 0.25) is 10.0 Å². The number of thiophene rings is 1. The van der Waals surface area contributed by atoms with Gasteiger partial charge in [0, 0.05) is 24.2 Å². The summed E-state index contributed by atoms with van der Waals surface area (Å²) in [5.74, 6) is -0.283. The minimum absolute atomic E-state index is 0.0430. The number of fused-ring (bicyclic) bond motifs is 1. The van der Waals surface area contributed by atoms with E-state index in [1.165, 1.54) is 34.2 Å². The predicted molar refractivity (Wildman–Crippen MR) is 139 cm³/mol. The lowest BCUT2D eigenvalue weighted by Crippen LogP contribution is -2.38. The highest BCUT2D eigenvalue weighted by Gasteiger charge is 2.29. The Morgan fingerprint density at radius 1 is 1.03 bits per heavy atom. The van der Waals surface area contributed by atoms with Crippen LogP contribution in [-0.2, 0) is 10.0 Å². The van der Waals surface area contributed by atoms with Crippen molar-refractivity contribution >= 4 is 53.8 Å². The van der Waals surface area contributed by atoms with Gasteiger partial charge in [0.15, 0.2) is 0 Å². The summed E-state index contributed by atoms with van der Waals surface area (Å²) < 4.78 is 28.7. The van der Waals surface area contributed by atoms with Crippen LogP contribution in [-0.4, -0.2) is 36.7 Å². The van der Waals surface area contributed by atoms with Gasteiger partial charge in [-0.05, 0) is 60.7 Å². The van der Waals surface area contributed by atoms with Gasteiger partial charge in [-0.3, -0.25) is 4.79 Å². The predicted octanol–water partition coefficient (Wildman–Crippen LogP) is 6.23. The zero-order chi connectivity index (χ0) is 23.7. The number of hydrogen-bond donors (Lipinski definition) is 1. The third kappa shape index (κ3) is 4.53. The maximum absolute atomic E-state index is 13.1. The molecule has 0 unspecified atom stereocenters. The summed E-state index contributed by atoms with van der Waals surface area (Å²) in [6, 6.07) is 16.1. The van der Waals surface area contributed by atoms with E-state index in [0.717, 1.165) is 51.5 Å². The van der Waals surface area contributed by atoms with Crippen LogP contribution in [0.2, 0.25) is 0 Å². The Labute approximate surface area is 207 Å². The zero-order valence-corrected chi connectivity index (χ0v) is 21.2. The number of rotatable bonds is 6. The molecule has 176 valence electrons. The second-order valence-electron chi connectivity index (χ2n) is 8.44. The molecular weight excluding hydrogens is 486 g/mol. The smallest absolute Gasteiger partial charge is 0.256 e. The summed E-state index contributed by atoms with van der Waals surface area (Å²) >= 11 is 3.02. The maximum atomic E-state index is 13.1. The molecule has 0 spiro atoms. The van der Waals surface area contributed by atoms with E-state index in [4.69, 9.17) is 4.98 Å². The van der Waals surface area contributed by atoms with Crippen molar-refractivity contribution in [2.75, 3.05) is 12.4 Å². The minimum Gasteiger partial charge on any atom is -0.313 e. The number of aromatic nitrogens is 1. The van der Waals surface area contributed by atoms with E-state index in [0.29, 0.717) is 5.56 Å². The summed E-state index contributed by atoms with van der Waals surface area (Å²) in [6.45, 7) is 0. The SMILES string of the molecule is CN(C1CCCCC1)S(=O)(=O)c1ccc(C(=O)Nc2sccc2-c2nc3ccccc3s2)cc1. The standard InChI is InChI=1S/C25H25N3O3S3/c1-28(18-7-3-2-4-8-18)34(30,31)19-13-11-17(12-14-19)23(29)27-24-20(15-16-32-24)25-26-21-9-5-6-10-22(21)33-25/h5-6,9-16,18H,2-4,7-8H2,1H3,(H,27,29). The highest BCUT2D eigenvalue weighted by Crippen LogP contribution is 2.38. The quantitative estimate of drug-likeness (QED) is 0.333. The fourth-order valence-electron chi connectivity index (χ4n) is 4.32. The van der Waals surface area contributed by atoms with Crippen molar-refractivity contribution in [2.24, 2.45) is 0 Å². The first-order valence-corrected chi connectivity index (χ1v) is 14.4. The fraction of sp³-hybridized carbons (Fsp3) is 0.280. The van der Waals surface area contributed by atoms with Crippen LogP contribution in [0.25, 0.3) is 20.8 Å². The lowest BCUT2D eigenvalue weighted by atomic mass is 9.96. The summed E-state index contributed by atoms with van der Waals surface area (Å²) in [5, 5.41) is 6.47. The van der Waals surface area contributed by atoms with Crippen LogP contribution in [0, 0.1) is 0 Å². The molecule has 6 nitrogen and oxygen atoms in total. The number of anilines is 1. The molecule has 0 atom stereocenters. The van der Waals surface area contributed by atoms with E-state index in [-0.39, 0.29) is 16.8 Å². The second-order valence-corrected chi connectivity index (χ2v) is 12.4. The number of para-hydroxylation sites is 1. The lowest BCUT2D eigenvalue weighted by Gasteiger charge is -2.30. The number of carbonyl (C=O) groups excluding carboxylic acids is 1. The summed E-state index contributed by atoms with van der Waals surface area (Å²) in [6.07, 6.45) is 5.08. The van der Waals surface area contributed by atoms with Crippen LogP contribution in [0.3, 0.4) is 0 Å². The monoisotopic (exact) mass is 511 g/mol. The minimum atomic E-state index is -3.59. The van der Waals surface area contributed by atoms with Gasteiger partial charge in [-0.2, -0.15) is 4.31 Å². The summed E-state index contributed by atoms with van der Waals surface area (Å²) in [5.41, 5.74) is 2.22. The first kappa shape index (κ1) is 23.2. The molecule has 5 rings (SSSR count). The van der Waals surface area contributed by atoms with E-state index < -0.39 is 10.0 Å². The molecule has 0 saturated heterocycles. The Hall–Kier alpha value is -2.59. The van der Waals surface area contributed by atoms with Crippen LogP contribution in [0.5, 0.6) is 0 Å². The van der Waals surface area contributed by atoms with Gasteiger partial charge in [0.1, 0.15) is 10.0 Å². The maximum Gasteiger partial charge on any atom is 0.256 e. The Morgan fingerprint density at radius 3 is 2.50 bits per heavy atom. The van der Waals surface area contributed by atoms with Gasteiger partial charge in [-0.15, -0.1) is 22.7 Å². The van der Waals surface area contributed by atoms with E-state index in [9.17, 15) is 13.2 Å². The average molecular weight is 512 g/mol. The van der Waals surface area contributed by atoms with Crippen LogP contribution >= 0.6 is 22.7 Å². The number of benzene rings is 2. The Morgan fingerprint density at radius 2 is 1.76 bits per heavy atom. The third-order valence-electron chi connectivity index (χ3n) is 6.30. The van der Waals surface area contributed by atoms with Crippen molar-refractivity contribution in [3.05, 3.63) is 65.5 Å². The molecule has 34 heavy (non-hydrogen) atoms. The number of thiazole rings is 1. The second kappa shape index (κ2) is 9.58. The van der Waals surface area contributed by atoms with Gasteiger partial charge in [0.25, 0.3) is 5.91 Å². The average Bonchev–Trinajstić information content (AvgIpc) is 3.50. The van der Waals surface area contributed by atoms with Crippen molar-refractivity contribution in [3.8, 4) is 10.6 Å². The number of amides is 1. The Balaban J connectivity index is 1.32. The largest absolute Gasteiger partial charge is 0.313 e. The highest BCUT2D eigenvalue weighted by atomic mass is 32.2. The van der Waals surface area contributed by atoms with Gasteiger partial charge >= 0.3 is 0 Å². The number of sulfonamides is 1. The molecule has 2 heterocycles. The number of hydrogen-bond acceptors (Lipinski definition) is 6. The number of nitrogens with zero attached hydrogens (tertiary/aromatic N) is 2. The molecule has 1 saturated carbocycles. The molecule has 0 radical (unpaired) electrons. The molecule has 1 aliphatic carbocycles. The molecule has 0 aliphatic heterocycles. The van der Waals surface area contributed by atoms with E-state index >= 15 is 0 Å². The van der Waals surface area contributed by atoms with Crippen LogP contribution in [0.15, 0.2) is 64.9 Å². The van der Waals surface area contributed by atoms with E-state index in [2.05, 4.69) is 5.32 Å². The molecular formula is C25H25N3O3S3. The molecule has 1 N–H and O–H groups in total. The van der Waals surface area contributed by atoms with Crippen LogP contribution in [0.1, 0.15) is 42.5 Å². The molecule has 4 aromatic rings. The molecule has 0 bridgehead atoms. The Bertz CT molecular complexity index is 1390. The van der Waals surface area contributed by atoms with Crippen molar-refractivity contribution in [1.82, 2.24) is 9.29 Å². The van der Waals surface area contributed by atoms with E-state index in [1.54, 1.807) is 30.5 Å².